The van der Waals surface area contributed by atoms with Crippen molar-refractivity contribution in [2.75, 3.05) is 32.8 Å². The Kier molecular flexibility index (Phi) is 6.10. The first-order valence-electron chi connectivity index (χ1n) is 7.13. The second-order valence-corrected chi connectivity index (χ2v) is 5.18. The van der Waals surface area contributed by atoms with Gasteiger partial charge in [0.15, 0.2) is 0 Å². The highest BCUT2D eigenvalue weighted by Gasteiger charge is 2.16. The lowest BCUT2D eigenvalue weighted by molar-refractivity contribution is -0.121. The predicted octanol–water partition coefficient (Wildman–Crippen LogP) is 0.525. The van der Waals surface area contributed by atoms with Gasteiger partial charge in [-0.25, -0.2) is 4.39 Å². The number of nitrogens with one attached hydrogen (secondary N) is 1. The Morgan fingerprint density at radius 1 is 1.43 bits per heavy atom. The lowest BCUT2D eigenvalue weighted by Crippen LogP contribution is -2.36. The van der Waals surface area contributed by atoms with Crippen LogP contribution in [0.5, 0.6) is 0 Å². The fourth-order valence-corrected chi connectivity index (χ4v) is 2.21. The molecule has 2 N–H and O–H groups in total. The smallest absolute Gasteiger partial charge is 0.221 e. The molecule has 1 saturated heterocycles. The SMILES string of the molecule is O=C(CCN1CCOC[C@@H](O)C1)NCc1ccc(F)cc1. The van der Waals surface area contributed by atoms with E-state index in [1.165, 1.54) is 12.1 Å². The Morgan fingerprint density at radius 3 is 2.95 bits per heavy atom. The molecule has 1 fully saturated rings. The summed E-state index contributed by atoms with van der Waals surface area (Å²) >= 11 is 0. The highest BCUT2D eigenvalue weighted by molar-refractivity contribution is 5.76. The summed E-state index contributed by atoms with van der Waals surface area (Å²) in [6, 6.07) is 6.05. The predicted molar refractivity (Wildman–Crippen MR) is 76.1 cm³/mol. The summed E-state index contributed by atoms with van der Waals surface area (Å²) in [5.41, 5.74) is 0.864. The van der Waals surface area contributed by atoms with Gasteiger partial charge in [0.05, 0.1) is 19.3 Å². The molecule has 21 heavy (non-hydrogen) atoms. The van der Waals surface area contributed by atoms with E-state index in [2.05, 4.69) is 5.32 Å². The van der Waals surface area contributed by atoms with E-state index in [-0.39, 0.29) is 11.7 Å². The average molecular weight is 296 g/mol. The third kappa shape index (κ3) is 5.79. The molecule has 1 aliphatic rings. The molecule has 1 aliphatic heterocycles. The van der Waals surface area contributed by atoms with Crippen LogP contribution in [0.15, 0.2) is 24.3 Å². The zero-order valence-corrected chi connectivity index (χ0v) is 11.9. The number of hydrogen-bond donors (Lipinski definition) is 2. The first kappa shape index (κ1) is 15.9. The van der Waals surface area contributed by atoms with Crippen LogP contribution in [-0.4, -0.2) is 54.9 Å². The quantitative estimate of drug-likeness (QED) is 0.832. The topological polar surface area (TPSA) is 61.8 Å². The van der Waals surface area contributed by atoms with Gasteiger partial charge < -0.3 is 15.2 Å². The van der Waals surface area contributed by atoms with Crippen LogP contribution in [0.3, 0.4) is 0 Å². The van der Waals surface area contributed by atoms with Gasteiger partial charge in [-0.15, -0.1) is 0 Å². The molecular weight excluding hydrogens is 275 g/mol. The van der Waals surface area contributed by atoms with Gasteiger partial charge in [0.2, 0.25) is 5.91 Å². The highest BCUT2D eigenvalue weighted by atomic mass is 19.1. The fraction of sp³-hybridized carbons (Fsp3) is 0.533. The van der Waals surface area contributed by atoms with Crippen molar-refractivity contribution in [2.45, 2.75) is 19.1 Å². The van der Waals surface area contributed by atoms with E-state index in [4.69, 9.17) is 4.74 Å². The van der Waals surface area contributed by atoms with Gasteiger partial charge in [0.1, 0.15) is 5.82 Å². The number of aliphatic hydroxyl groups is 1. The monoisotopic (exact) mass is 296 g/mol. The zero-order valence-electron chi connectivity index (χ0n) is 11.9. The summed E-state index contributed by atoms with van der Waals surface area (Å²) < 4.78 is 18.0. The number of nitrogens with zero attached hydrogens (tertiary/aromatic N) is 1. The van der Waals surface area contributed by atoms with Crippen molar-refractivity contribution in [3.05, 3.63) is 35.6 Å². The Labute approximate surface area is 123 Å². The van der Waals surface area contributed by atoms with Crippen LogP contribution < -0.4 is 5.32 Å². The molecule has 6 heteroatoms. The normalized spacial score (nSPS) is 20.0. The van der Waals surface area contributed by atoms with Crippen LogP contribution in [0, 0.1) is 5.82 Å². The molecule has 1 aromatic rings. The van der Waals surface area contributed by atoms with Gasteiger partial charge in [-0.3, -0.25) is 9.69 Å². The van der Waals surface area contributed by atoms with E-state index in [0.29, 0.717) is 39.3 Å². The number of amides is 1. The first-order chi connectivity index (χ1) is 10.1. The molecule has 1 heterocycles. The van der Waals surface area contributed by atoms with E-state index >= 15 is 0 Å². The molecule has 5 nitrogen and oxygen atoms in total. The van der Waals surface area contributed by atoms with Gasteiger partial charge in [0, 0.05) is 32.6 Å². The zero-order chi connectivity index (χ0) is 15.1. The lowest BCUT2D eigenvalue weighted by Gasteiger charge is -2.20. The van der Waals surface area contributed by atoms with Crippen molar-refractivity contribution in [3.8, 4) is 0 Å². The summed E-state index contributed by atoms with van der Waals surface area (Å²) in [4.78, 5) is 13.8. The molecule has 0 aromatic heterocycles. The molecule has 0 spiro atoms. The van der Waals surface area contributed by atoms with Crippen LogP contribution in [0.4, 0.5) is 4.39 Å². The second-order valence-electron chi connectivity index (χ2n) is 5.18. The number of benzene rings is 1. The standard InChI is InChI=1S/C15H21FN2O3/c16-13-3-1-12(2-4-13)9-17-15(20)5-6-18-7-8-21-11-14(19)10-18/h1-4,14,19H,5-11H2,(H,17,20)/t14-/m0/s1. The molecule has 0 unspecified atom stereocenters. The van der Waals surface area contributed by atoms with Gasteiger partial charge in [-0.1, -0.05) is 12.1 Å². The number of halogens is 1. The minimum absolute atomic E-state index is 0.0565. The van der Waals surface area contributed by atoms with Crippen molar-refractivity contribution >= 4 is 5.91 Å². The van der Waals surface area contributed by atoms with E-state index in [1.807, 2.05) is 4.90 Å². The third-order valence-electron chi connectivity index (χ3n) is 3.39. The Hall–Kier alpha value is -1.50. The summed E-state index contributed by atoms with van der Waals surface area (Å²) in [6.07, 6.45) is -0.122. The maximum absolute atomic E-state index is 12.8. The van der Waals surface area contributed by atoms with Crippen molar-refractivity contribution < 1.29 is 19.0 Å². The van der Waals surface area contributed by atoms with E-state index in [0.717, 1.165) is 12.1 Å². The van der Waals surface area contributed by atoms with Crippen molar-refractivity contribution in [1.82, 2.24) is 10.2 Å². The van der Waals surface area contributed by atoms with Crippen LogP contribution in [0.2, 0.25) is 0 Å². The first-order valence-corrected chi connectivity index (χ1v) is 7.13. The molecule has 0 bridgehead atoms. The van der Waals surface area contributed by atoms with E-state index in [1.54, 1.807) is 12.1 Å². The molecular formula is C15H21FN2O3. The number of rotatable bonds is 5. The van der Waals surface area contributed by atoms with E-state index in [9.17, 15) is 14.3 Å². The Bertz CT molecular complexity index is 453. The number of β-amino-alcohol motifs (C(OH)–C–C–N with tert-alkyl or cyclic N) is 1. The van der Waals surface area contributed by atoms with Crippen LogP contribution in [-0.2, 0) is 16.1 Å². The molecule has 116 valence electrons. The number of aliphatic hydroxyl groups excluding tert-OH is 1. The molecule has 0 saturated carbocycles. The van der Waals surface area contributed by atoms with Gasteiger partial charge in [0.25, 0.3) is 0 Å². The lowest BCUT2D eigenvalue weighted by atomic mass is 10.2. The summed E-state index contributed by atoms with van der Waals surface area (Å²) in [5, 5.41) is 12.4. The van der Waals surface area contributed by atoms with E-state index < -0.39 is 6.10 Å². The van der Waals surface area contributed by atoms with Crippen molar-refractivity contribution in [2.24, 2.45) is 0 Å². The molecule has 0 aliphatic carbocycles. The van der Waals surface area contributed by atoms with Crippen LogP contribution in [0.1, 0.15) is 12.0 Å². The Morgan fingerprint density at radius 2 is 2.19 bits per heavy atom. The van der Waals surface area contributed by atoms with Crippen LogP contribution >= 0.6 is 0 Å². The number of carbonyl (C=O) groups is 1. The summed E-state index contributed by atoms with van der Waals surface area (Å²) in [7, 11) is 0. The Balaban J connectivity index is 1.68. The molecule has 2 rings (SSSR count). The largest absolute Gasteiger partial charge is 0.389 e. The third-order valence-corrected chi connectivity index (χ3v) is 3.39. The maximum atomic E-state index is 12.8. The van der Waals surface area contributed by atoms with Crippen LogP contribution in [0.25, 0.3) is 0 Å². The molecule has 1 amide bonds. The minimum Gasteiger partial charge on any atom is -0.389 e. The fourth-order valence-electron chi connectivity index (χ4n) is 2.21. The number of carbonyl (C=O) groups excluding carboxylic acids is 1. The highest BCUT2D eigenvalue weighted by Crippen LogP contribution is 2.03. The number of ether oxygens (including phenoxy) is 1. The number of hydrogen-bond acceptors (Lipinski definition) is 4. The molecule has 0 radical (unpaired) electrons. The average Bonchev–Trinajstić information content (AvgIpc) is 2.69. The van der Waals surface area contributed by atoms with Crippen molar-refractivity contribution in [1.29, 1.82) is 0 Å². The second kappa shape index (κ2) is 8.07. The minimum atomic E-state index is -0.491. The van der Waals surface area contributed by atoms with Gasteiger partial charge in [-0.05, 0) is 17.7 Å². The summed E-state index contributed by atoms with van der Waals surface area (Å²) in [5.74, 6) is -0.342. The maximum Gasteiger partial charge on any atom is 0.221 e. The summed E-state index contributed by atoms with van der Waals surface area (Å²) in [6.45, 7) is 3.18. The molecule has 1 aromatic carbocycles. The van der Waals surface area contributed by atoms with Crippen molar-refractivity contribution in [3.63, 3.8) is 0 Å². The molecule has 1 atom stereocenters. The van der Waals surface area contributed by atoms with Gasteiger partial charge in [-0.2, -0.15) is 0 Å². The van der Waals surface area contributed by atoms with Gasteiger partial charge >= 0.3 is 0 Å².